The van der Waals surface area contributed by atoms with Crippen LogP contribution in [0.3, 0.4) is 0 Å². The van der Waals surface area contributed by atoms with Crippen LogP contribution >= 0.6 is 34.3 Å². The van der Waals surface area contributed by atoms with E-state index in [-0.39, 0.29) is 18.0 Å². The molecule has 4 rings (SSSR count). The number of ether oxygens (including phenoxy) is 2. The first-order chi connectivity index (χ1) is 15.4. The summed E-state index contributed by atoms with van der Waals surface area (Å²) in [6, 6.07) is 8.04. The van der Waals surface area contributed by atoms with Crippen molar-refractivity contribution >= 4 is 57.7 Å². The van der Waals surface area contributed by atoms with E-state index in [1.165, 1.54) is 35.8 Å². The van der Waals surface area contributed by atoms with Crippen LogP contribution in [-0.4, -0.2) is 36.5 Å². The number of carbonyl (C=O) groups is 3. The number of aromatic nitrogens is 1. The van der Waals surface area contributed by atoms with Gasteiger partial charge in [0.15, 0.2) is 5.01 Å². The van der Waals surface area contributed by atoms with Gasteiger partial charge in [-0.3, -0.25) is 9.59 Å². The SMILES string of the molecule is COC(=O)c1ccc(CNC(=O)c2ccc(Cl)s2)c(NC(=O)c2nc3c(s2)COCC3)c1. The second kappa shape index (κ2) is 9.78. The molecule has 2 aromatic heterocycles. The van der Waals surface area contributed by atoms with Gasteiger partial charge in [-0.2, -0.15) is 0 Å². The number of halogens is 1. The van der Waals surface area contributed by atoms with Gasteiger partial charge in [-0.05, 0) is 29.8 Å². The quantitative estimate of drug-likeness (QED) is 0.506. The van der Waals surface area contributed by atoms with Crippen LogP contribution in [0.4, 0.5) is 5.69 Å². The predicted molar refractivity (Wildman–Crippen MR) is 122 cm³/mol. The minimum Gasteiger partial charge on any atom is -0.465 e. The molecular formula is C21H18ClN3O5S2. The summed E-state index contributed by atoms with van der Waals surface area (Å²) in [6.07, 6.45) is 0.668. The Morgan fingerprint density at radius 2 is 2.03 bits per heavy atom. The molecule has 0 fully saturated rings. The average molecular weight is 492 g/mol. The number of esters is 1. The van der Waals surface area contributed by atoms with E-state index in [1.807, 2.05) is 0 Å². The molecule has 0 saturated heterocycles. The average Bonchev–Trinajstić information content (AvgIpc) is 3.43. The van der Waals surface area contributed by atoms with E-state index in [4.69, 9.17) is 21.1 Å². The number of thiophene rings is 1. The van der Waals surface area contributed by atoms with Crippen LogP contribution in [0.1, 0.15) is 46.0 Å². The second-order valence-electron chi connectivity index (χ2n) is 6.80. The van der Waals surface area contributed by atoms with Crippen LogP contribution in [0.2, 0.25) is 4.34 Å². The lowest BCUT2D eigenvalue weighted by atomic mass is 10.1. The Kier molecular flexibility index (Phi) is 6.85. The Balaban J connectivity index is 1.55. The van der Waals surface area contributed by atoms with Gasteiger partial charge in [-0.1, -0.05) is 17.7 Å². The van der Waals surface area contributed by atoms with E-state index in [9.17, 15) is 14.4 Å². The van der Waals surface area contributed by atoms with Gasteiger partial charge in [-0.15, -0.1) is 22.7 Å². The molecule has 3 aromatic rings. The highest BCUT2D eigenvalue weighted by molar-refractivity contribution is 7.18. The number of thiazole rings is 1. The van der Waals surface area contributed by atoms with Crippen molar-refractivity contribution in [3.8, 4) is 0 Å². The summed E-state index contributed by atoms with van der Waals surface area (Å²) in [4.78, 5) is 43.1. The van der Waals surface area contributed by atoms with Gasteiger partial charge in [-0.25, -0.2) is 9.78 Å². The van der Waals surface area contributed by atoms with Crippen LogP contribution in [0.5, 0.6) is 0 Å². The summed E-state index contributed by atoms with van der Waals surface area (Å²) in [7, 11) is 1.28. The number of carbonyl (C=O) groups excluding carboxylic acids is 3. The fraction of sp³-hybridized carbons (Fsp3) is 0.238. The number of nitrogens with one attached hydrogen (secondary N) is 2. The number of anilines is 1. The molecule has 2 amide bonds. The summed E-state index contributed by atoms with van der Waals surface area (Å²) in [5, 5.41) is 5.93. The zero-order valence-electron chi connectivity index (χ0n) is 16.9. The number of rotatable bonds is 6. The van der Waals surface area contributed by atoms with Crippen molar-refractivity contribution in [2.24, 2.45) is 0 Å². The van der Waals surface area contributed by atoms with Crippen molar-refractivity contribution in [1.82, 2.24) is 10.3 Å². The molecule has 2 N–H and O–H groups in total. The number of benzene rings is 1. The molecule has 0 aliphatic carbocycles. The molecule has 1 aromatic carbocycles. The Morgan fingerprint density at radius 3 is 2.75 bits per heavy atom. The molecule has 8 nitrogen and oxygen atoms in total. The highest BCUT2D eigenvalue weighted by Gasteiger charge is 2.21. The molecule has 0 bridgehead atoms. The van der Waals surface area contributed by atoms with Crippen LogP contribution in [0, 0.1) is 0 Å². The van der Waals surface area contributed by atoms with E-state index in [0.29, 0.717) is 45.1 Å². The molecule has 11 heteroatoms. The number of hydrogen-bond acceptors (Lipinski definition) is 8. The number of fused-ring (bicyclic) bond motifs is 1. The summed E-state index contributed by atoms with van der Waals surface area (Å²) in [6.45, 7) is 1.16. The van der Waals surface area contributed by atoms with Crippen molar-refractivity contribution in [2.75, 3.05) is 19.0 Å². The number of methoxy groups -OCH3 is 1. The standard InChI is InChI=1S/C21H18ClN3O5S2/c1-29-21(28)11-2-3-12(9-23-18(26)15-4-5-17(22)31-15)14(8-11)24-19(27)20-25-13-6-7-30-10-16(13)32-20/h2-5,8H,6-7,9-10H2,1H3,(H,23,26)(H,24,27). The topological polar surface area (TPSA) is 107 Å². The largest absolute Gasteiger partial charge is 0.465 e. The summed E-state index contributed by atoms with van der Waals surface area (Å²) in [5.74, 6) is -1.22. The van der Waals surface area contributed by atoms with Gasteiger partial charge in [0.2, 0.25) is 0 Å². The van der Waals surface area contributed by atoms with E-state index in [1.54, 1.807) is 24.3 Å². The summed E-state index contributed by atoms with van der Waals surface area (Å²) in [5.41, 5.74) is 2.14. The highest BCUT2D eigenvalue weighted by Crippen LogP contribution is 2.26. The lowest BCUT2D eigenvalue weighted by Crippen LogP contribution is -2.23. The van der Waals surface area contributed by atoms with E-state index in [2.05, 4.69) is 15.6 Å². The Hall–Kier alpha value is -2.79. The summed E-state index contributed by atoms with van der Waals surface area (Å²) >= 11 is 8.35. The zero-order valence-corrected chi connectivity index (χ0v) is 19.3. The molecule has 32 heavy (non-hydrogen) atoms. The third kappa shape index (κ3) is 4.99. The monoisotopic (exact) mass is 491 g/mol. The normalized spacial score (nSPS) is 12.7. The minimum absolute atomic E-state index is 0.133. The van der Waals surface area contributed by atoms with E-state index in [0.717, 1.165) is 10.6 Å². The first-order valence-electron chi connectivity index (χ1n) is 9.57. The Bertz CT molecular complexity index is 1170. The predicted octanol–water partition coefficient (Wildman–Crippen LogP) is 3.90. The number of hydrogen-bond donors (Lipinski definition) is 2. The molecule has 1 aliphatic rings. The van der Waals surface area contributed by atoms with Crippen molar-refractivity contribution in [3.63, 3.8) is 0 Å². The fourth-order valence-electron chi connectivity index (χ4n) is 3.09. The molecule has 0 radical (unpaired) electrons. The highest BCUT2D eigenvalue weighted by atomic mass is 35.5. The lowest BCUT2D eigenvalue weighted by molar-refractivity contribution is 0.0600. The van der Waals surface area contributed by atoms with Gasteiger partial charge >= 0.3 is 5.97 Å². The molecule has 0 spiro atoms. The van der Waals surface area contributed by atoms with Crippen LogP contribution in [0.25, 0.3) is 0 Å². The van der Waals surface area contributed by atoms with Crippen LogP contribution in [0.15, 0.2) is 30.3 Å². The fourth-order valence-corrected chi connectivity index (χ4v) is 4.99. The minimum atomic E-state index is -0.536. The van der Waals surface area contributed by atoms with Crippen molar-refractivity contribution < 1.29 is 23.9 Å². The Morgan fingerprint density at radius 1 is 1.19 bits per heavy atom. The van der Waals surface area contributed by atoms with Gasteiger partial charge < -0.3 is 20.1 Å². The van der Waals surface area contributed by atoms with Gasteiger partial charge in [0.25, 0.3) is 11.8 Å². The Labute approximate surface area is 196 Å². The molecule has 1 aliphatic heterocycles. The van der Waals surface area contributed by atoms with Crippen molar-refractivity contribution in [2.45, 2.75) is 19.6 Å². The molecule has 3 heterocycles. The molecule has 0 unspecified atom stereocenters. The molecule has 166 valence electrons. The van der Waals surface area contributed by atoms with Gasteiger partial charge in [0.05, 0.1) is 45.7 Å². The molecule has 0 saturated carbocycles. The maximum Gasteiger partial charge on any atom is 0.337 e. The van der Waals surface area contributed by atoms with E-state index >= 15 is 0 Å². The van der Waals surface area contributed by atoms with Gasteiger partial charge in [0.1, 0.15) is 0 Å². The van der Waals surface area contributed by atoms with Crippen LogP contribution in [-0.2, 0) is 29.0 Å². The van der Waals surface area contributed by atoms with Crippen molar-refractivity contribution in [1.29, 1.82) is 0 Å². The number of amides is 2. The van der Waals surface area contributed by atoms with Crippen molar-refractivity contribution in [3.05, 3.63) is 66.3 Å². The lowest BCUT2D eigenvalue weighted by Gasteiger charge is -2.13. The third-order valence-corrected chi connectivity index (χ3v) is 7.00. The van der Waals surface area contributed by atoms with Crippen LogP contribution < -0.4 is 10.6 Å². The summed E-state index contributed by atoms with van der Waals surface area (Å²) < 4.78 is 10.7. The third-order valence-electron chi connectivity index (χ3n) is 4.70. The van der Waals surface area contributed by atoms with E-state index < -0.39 is 11.9 Å². The zero-order chi connectivity index (χ0) is 22.7. The van der Waals surface area contributed by atoms with Gasteiger partial charge in [0, 0.05) is 18.7 Å². The number of nitrogens with zero attached hydrogens (tertiary/aromatic N) is 1. The molecule has 0 atom stereocenters. The second-order valence-corrected chi connectivity index (χ2v) is 9.59. The first-order valence-corrected chi connectivity index (χ1v) is 11.6. The smallest absolute Gasteiger partial charge is 0.337 e. The maximum absolute atomic E-state index is 12.9. The maximum atomic E-state index is 12.9. The first kappa shape index (κ1) is 22.4. The molecular weight excluding hydrogens is 474 g/mol.